The molecule has 3 heterocycles. The maximum Gasteiger partial charge on any atom is 0.258 e. The van der Waals surface area contributed by atoms with Gasteiger partial charge < -0.3 is 15.5 Å². The second-order valence-electron chi connectivity index (χ2n) is 11.4. The molecule has 0 bridgehead atoms. The number of carbonyl (C=O) groups is 1. The summed E-state index contributed by atoms with van der Waals surface area (Å²) < 4.78 is 18.0. The maximum absolute atomic E-state index is 15.1. The molecule has 0 spiro atoms. The first kappa shape index (κ1) is 30.1. The average Bonchev–Trinajstić information content (AvgIpc) is 3.62. The van der Waals surface area contributed by atoms with Crippen LogP contribution in [0.5, 0.6) is 0 Å². The average molecular weight is 690 g/mol. The van der Waals surface area contributed by atoms with Crippen LogP contribution in [-0.2, 0) is 5.41 Å². The lowest BCUT2D eigenvalue weighted by atomic mass is 9.86. The highest BCUT2D eigenvalue weighted by molar-refractivity contribution is 14.1. The molecule has 5 aromatic rings. The van der Waals surface area contributed by atoms with E-state index in [9.17, 15) is 4.79 Å². The third-order valence-electron chi connectivity index (χ3n) is 7.10. The smallest absolute Gasteiger partial charge is 0.258 e. The molecule has 1 amide bonds. The number of halogens is 2. The Balaban J connectivity index is 1.44. The zero-order valence-electron chi connectivity index (χ0n) is 24.7. The van der Waals surface area contributed by atoms with Crippen molar-refractivity contribution < 1.29 is 9.18 Å². The normalized spacial score (nSPS) is 11.2. The number of aryl methyl sites for hydroxylation is 1. The van der Waals surface area contributed by atoms with Gasteiger partial charge in [-0.1, -0.05) is 49.3 Å². The SMILES string of the molecule is Cc1cc(F)c(C(=O)Nc2cc(N(C)CCI)cc(C(C)(C)C)c2)cc1C#Cc1cnc2c(Nc3cn[nH]c3)cccn12. The summed E-state index contributed by atoms with van der Waals surface area (Å²) in [7, 11) is 2.02. The Morgan fingerprint density at radius 3 is 2.67 bits per heavy atom. The molecular weight excluding hydrogens is 656 g/mol. The number of pyridine rings is 1. The number of hydrogen-bond acceptors (Lipinski definition) is 5. The van der Waals surface area contributed by atoms with Crippen LogP contribution in [0, 0.1) is 24.6 Å². The summed E-state index contributed by atoms with van der Waals surface area (Å²) in [5.74, 6) is 5.15. The van der Waals surface area contributed by atoms with E-state index in [0.717, 1.165) is 33.6 Å². The number of amides is 1. The molecule has 10 heteroatoms. The van der Waals surface area contributed by atoms with Crippen LogP contribution in [0.1, 0.15) is 53.5 Å². The predicted octanol–water partition coefficient (Wildman–Crippen LogP) is 7.07. The number of anilines is 4. The third-order valence-corrected chi connectivity index (χ3v) is 7.58. The Morgan fingerprint density at radius 1 is 1.14 bits per heavy atom. The minimum Gasteiger partial charge on any atom is -0.374 e. The summed E-state index contributed by atoms with van der Waals surface area (Å²) in [6, 6.07) is 12.7. The number of aromatic amines is 1. The highest BCUT2D eigenvalue weighted by atomic mass is 127. The van der Waals surface area contributed by atoms with Crippen molar-refractivity contribution >= 4 is 56.9 Å². The number of H-pyrrole nitrogens is 1. The van der Waals surface area contributed by atoms with Gasteiger partial charge in [0.1, 0.15) is 11.5 Å². The fourth-order valence-electron chi connectivity index (χ4n) is 4.58. The first-order valence-corrected chi connectivity index (χ1v) is 15.3. The number of carbonyl (C=O) groups excluding carboxylic acids is 1. The molecule has 5 rings (SSSR count). The van der Waals surface area contributed by atoms with Crippen LogP contribution >= 0.6 is 22.6 Å². The van der Waals surface area contributed by atoms with Crippen LogP contribution in [0.2, 0.25) is 0 Å². The first-order chi connectivity index (χ1) is 20.5. The molecule has 0 aliphatic rings. The van der Waals surface area contributed by atoms with Gasteiger partial charge in [-0.15, -0.1) is 0 Å². The molecule has 2 aromatic carbocycles. The molecule has 0 unspecified atom stereocenters. The Kier molecular flexibility index (Phi) is 8.73. The Morgan fingerprint density at radius 2 is 1.95 bits per heavy atom. The number of rotatable bonds is 7. The van der Waals surface area contributed by atoms with Crippen LogP contribution in [-0.4, -0.2) is 43.5 Å². The molecule has 0 radical (unpaired) electrons. The van der Waals surface area contributed by atoms with E-state index in [1.807, 2.05) is 41.9 Å². The van der Waals surface area contributed by atoms with Crippen molar-refractivity contribution in [3.05, 3.63) is 101 Å². The van der Waals surface area contributed by atoms with Gasteiger partial charge in [0, 0.05) is 47.4 Å². The van der Waals surface area contributed by atoms with Gasteiger partial charge in [0.2, 0.25) is 0 Å². The number of benzene rings is 2. The fraction of sp³-hybridized carbons (Fsp3) is 0.242. The van der Waals surface area contributed by atoms with Crippen molar-refractivity contribution in [2.45, 2.75) is 33.1 Å². The lowest BCUT2D eigenvalue weighted by Gasteiger charge is -2.25. The lowest BCUT2D eigenvalue weighted by Crippen LogP contribution is -2.22. The molecule has 0 aliphatic carbocycles. The van der Waals surface area contributed by atoms with E-state index in [1.165, 1.54) is 12.1 Å². The standard InChI is InChI=1S/C33H33FIN7O/c1-21-13-29(34)28(32(43)40-24-15-23(33(2,3)4)16-27(17-24)41(5)12-10-35)14-22(21)8-9-26-20-36-31-30(7-6-11-42(26)31)39-25-18-37-38-19-25/h6-7,11,13-20,39H,10,12H2,1-5H3,(H,37,38)(H,40,43). The summed E-state index contributed by atoms with van der Waals surface area (Å²) in [5, 5.41) is 12.9. The monoisotopic (exact) mass is 689 g/mol. The van der Waals surface area contributed by atoms with E-state index in [0.29, 0.717) is 28.2 Å². The van der Waals surface area contributed by atoms with Gasteiger partial charge in [-0.2, -0.15) is 5.10 Å². The van der Waals surface area contributed by atoms with Crippen molar-refractivity contribution in [3.63, 3.8) is 0 Å². The number of imidazole rings is 1. The maximum atomic E-state index is 15.1. The van der Waals surface area contributed by atoms with Crippen molar-refractivity contribution in [1.29, 1.82) is 0 Å². The van der Waals surface area contributed by atoms with E-state index in [-0.39, 0.29) is 11.0 Å². The molecule has 0 saturated carbocycles. The van der Waals surface area contributed by atoms with E-state index in [1.54, 1.807) is 25.5 Å². The second kappa shape index (κ2) is 12.5. The quantitative estimate of drug-likeness (QED) is 0.0967. The van der Waals surface area contributed by atoms with Crippen LogP contribution < -0.4 is 15.5 Å². The predicted molar refractivity (Wildman–Crippen MR) is 179 cm³/mol. The highest BCUT2D eigenvalue weighted by Crippen LogP contribution is 2.31. The summed E-state index contributed by atoms with van der Waals surface area (Å²) >= 11 is 2.34. The van der Waals surface area contributed by atoms with Crippen molar-refractivity contribution in [3.8, 4) is 11.8 Å². The van der Waals surface area contributed by atoms with Gasteiger partial charge in [-0.05, 0) is 71.9 Å². The molecule has 0 atom stereocenters. The number of fused-ring (bicyclic) bond motifs is 1. The molecule has 220 valence electrons. The van der Waals surface area contributed by atoms with Crippen molar-refractivity contribution in [2.75, 3.05) is 33.6 Å². The minimum absolute atomic E-state index is 0.0667. The molecule has 43 heavy (non-hydrogen) atoms. The van der Waals surface area contributed by atoms with Gasteiger partial charge in [-0.3, -0.25) is 14.3 Å². The number of hydrogen-bond donors (Lipinski definition) is 3. The van der Waals surface area contributed by atoms with Crippen LogP contribution in [0.25, 0.3) is 5.65 Å². The van der Waals surface area contributed by atoms with Gasteiger partial charge in [0.05, 0.1) is 29.3 Å². The van der Waals surface area contributed by atoms with Crippen LogP contribution in [0.4, 0.5) is 27.1 Å². The second-order valence-corrected chi connectivity index (χ2v) is 12.4. The van der Waals surface area contributed by atoms with Crippen LogP contribution in [0.3, 0.4) is 0 Å². The van der Waals surface area contributed by atoms with Crippen LogP contribution in [0.15, 0.2) is 67.3 Å². The molecular formula is C33H33FIN7O. The van der Waals surface area contributed by atoms with Gasteiger partial charge in [0.25, 0.3) is 5.91 Å². The highest BCUT2D eigenvalue weighted by Gasteiger charge is 2.19. The number of nitrogens with one attached hydrogen (secondary N) is 3. The van der Waals surface area contributed by atoms with Crippen molar-refractivity contribution in [1.82, 2.24) is 19.6 Å². The van der Waals surface area contributed by atoms with Gasteiger partial charge in [-0.25, -0.2) is 9.37 Å². The van der Waals surface area contributed by atoms with Crippen molar-refractivity contribution in [2.24, 2.45) is 0 Å². The topological polar surface area (TPSA) is 90.3 Å². The summed E-state index contributed by atoms with van der Waals surface area (Å²) in [6.07, 6.45) is 7.00. The Hall–Kier alpha value is -4.37. The zero-order valence-corrected chi connectivity index (χ0v) is 26.9. The van der Waals surface area contributed by atoms with Gasteiger partial charge >= 0.3 is 0 Å². The molecule has 0 saturated heterocycles. The third kappa shape index (κ3) is 6.83. The van der Waals surface area contributed by atoms with E-state index in [2.05, 4.69) is 92.0 Å². The lowest BCUT2D eigenvalue weighted by molar-refractivity contribution is 0.102. The summed E-state index contributed by atoms with van der Waals surface area (Å²) in [6.45, 7) is 9.02. The zero-order chi connectivity index (χ0) is 30.7. The van der Waals surface area contributed by atoms with E-state index >= 15 is 4.39 Å². The number of nitrogens with zero attached hydrogens (tertiary/aromatic N) is 4. The molecule has 0 fully saturated rings. The van der Waals surface area contributed by atoms with E-state index < -0.39 is 11.7 Å². The Bertz CT molecular complexity index is 1850. The molecule has 3 N–H and O–H groups in total. The number of alkyl halides is 1. The fourth-order valence-corrected chi connectivity index (χ4v) is 5.30. The Labute approximate surface area is 264 Å². The summed E-state index contributed by atoms with van der Waals surface area (Å²) in [4.78, 5) is 20.1. The molecule has 0 aliphatic heterocycles. The molecule has 3 aromatic heterocycles. The first-order valence-electron chi connectivity index (χ1n) is 13.8. The van der Waals surface area contributed by atoms with E-state index in [4.69, 9.17) is 0 Å². The minimum atomic E-state index is -0.598. The summed E-state index contributed by atoms with van der Waals surface area (Å²) in [5.41, 5.74) is 6.64. The number of aromatic nitrogens is 4. The molecule has 8 nitrogen and oxygen atoms in total. The largest absolute Gasteiger partial charge is 0.374 e. The van der Waals surface area contributed by atoms with Gasteiger partial charge in [0.15, 0.2) is 5.65 Å².